The number of nitrogens with zero attached hydrogens (tertiary/aromatic N) is 3. The van der Waals surface area contributed by atoms with Gasteiger partial charge in [-0.05, 0) is 49.0 Å². The zero-order valence-corrected chi connectivity index (χ0v) is 16.8. The van der Waals surface area contributed by atoms with Crippen LogP contribution in [-0.4, -0.2) is 68.4 Å². The fourth-order valence-electron chi connectivity index (χ4n) is 3.29. The highest BCUT2D eigenvalue weighted by Crippen LogP contribution is 2.17. The van der Waals surface area contributed by atoms with E-state index in [9.17, 15) is 9.59 Å². The summed E-state index contributed by atoms with van der Waals surface area (Å²) in [5.74, 6) is -0.233. The SMILES string of the molecule is CCN1CCN(C(=O)c2cccc(C(=O)Nc3ccc(N(C)C)cc3)c2)CC1. The third-order valence-corrected chi connectivity index (χ3v) is 5.12. The van der Waals surface area contributed by atoms with Crippen molar-refractivity contribution in [3.05, 3.63) is 59.7 Å². The largest absolute Gasteiger partial charge is 0.378 e. The van der Waals surface area contributed by atoms with Crippen molar-refractivity contribution in [2.75, 3.05) is 57.0 Å². The second-order valence-corrected chi connectivity index (χ2v) is 7.20. The summed E-state index contributed by atoms with van der Waals surface area (Å²) in [6.45, 7) is 6.38. The van der Waals surface area contributed by atoms with E-state index >= 15 is 0 Å². The minimum absolute atomic E-state index is 0.0132. The summed E-state index contributed by atoms with van der Waals surface area (Å²) in [6, 6.07) is 14.6. The Balaban J connectivity index is 1.66. The van der Waals surface area contributed by atoms with E-state index in [-0.39, 0.29) is 11.8 Å². The Labute approximate surface area is 166 Å². The molecule has 1 fully saturated rings. The van der Waals surface area contributed by atoms with Crippen molar-refractivity contribution < 1.29 is 9.59 Å². The lowest BCUT2D eigenvalue weighted by Gasteiger charge is -2.34. The lowest BCUT2D eigenvalue weighted by atomic mass is 10.1. The van der Waals surface area contributed by atoms with Gasteiger partial charge in [-0.15, -0.1) is 0 Å². The second-order valence-electron chi connectivity index (χ2n) is 7.20. The predicted octanol–water partition coefficient (Wildman–Crippen LogP) is 2.78. The van der Waals surface area contributed by atoms with Crippen molar-refractivity contribution in [1.82, 2.24) is 9.80 Å². The molecule has 1 aliphatic heterocycles. The Hall–Kier alpha value is -2.86. The van der Waals surface area contributed by atoms with Crippen LogP contribution in [0.2, 0.25) is 0 Å². The minimum atomic E-state index is -0.219. The van der Waals surface area contributed by atoms with E-state index in [1.807, 2.05) is 48.2 Å². The zero-order valence-electron chi connectivity index (χ0n) is 16.8. The lowest BCUT2D eigenvalue weighted by Crippen LogP contribution is -2.48. The second kappa shape index (κ2) is 8.89. The average molecular weight is 380 g/mol. The van der Waals surface area contributed by atoms with Crippen LogP contribution < -0.4 is 10.2 Å². The summed E-state index contributed by atoms with van der Waals surface area (Å²) in [6.07, 6.45) is 0. The van der Waals surface area contributed by atoms with E-state index < -0.39 is 0 Å². The summed E-state index contributed by atoms with van der Waals surface area (Å²) < 4.78 is 0. The Morgan fingerprint density at radius 2 is 1.61 bits per heavy atom. The van der Waals surface area contributed by atoms with Crippen LogP contribution in [0.5, 0.6) is 0 Å². The molecule has 0 unspecified atom stereocenters. The maximum atomic E-state index is 12.8. The predicted molar refractivity (Wildman–Crippen MR) is 113 cm³/mol. The molecule has 1 saturated heterocycles. The maximum absolute atomic E-state index is 12.8. The van der Waals surface area contributed by atoms with Gasteiger partial charge < -0.3 is 20.0 Å². The van der Waals surface area contributed by atoms with Gasteiger partial charge in [-0.25, -0.2) is 0 Å². The number of piperazine rings is 1. The first kappa shape index (κ1) is 19.9. The average Bonchev–Trinajstić information content (AvgIpc) is 2.73. The van der Waals surface area contributed by atoms with Crippen LogP contribution in [0.25, 0.3) is 0 Å². The van der Waals surface area contributed by atoms with Crippen molar-refractivity contribution in [2.24, 2.45) is 0 Å². The third kappa shape index (κ3) is 4.70. The molecule has 6 heteroatoms. The molecule has 148 valence electrons. The van der Waals surface area contributed by atoms with Crippen molar-refractivity contribution in [3.8, 4) is 0 Å². The molecule has 6 nitrogen and oxygen atoms in total. The number of carbonyl (C=O) groups is 2. The smallest absolute Gasteiger partial charge is 0.255 e. The number of benzene rings is 2. The van der Waals surface area contributed by atoms with Gasteiger partial charge in [0.1, 0.15) is 0 Å². The Bertz CT molecular complexity index is 825. The highest BCUT2D eigenvalue weighted by atomic mass is 16.2. The summed E-state index contributed by atoms with van der Waals surface area (Å²) in [5.41, 5.74) is 2.83. The summed E-state index contributed by atoms with van der Waals surface area (Å²) >= 11 is 0. The van der Waals surface area contributed by atoms with Gasteiger partial charge in [0.2, 0.25) is 0 Å². The van der Waals surface area contributed by atoms with Gasteiger partial charge in [0.15, 0.2) is 0 Å². The van der Waals surface area contributed by atoms with Gasteiger partial charge in [0.25, 0.3) is 11.8 Å². The summed E-state index contributed by atoms with van der Waals surface area (Å²) in [7, 11) is 3.94. The van der Waals surface area contributed by atoms with Gasteiger partial charge in [-0.3, -0.25) is 9.59 Å². The molecule has 2 aromatic carbocycles. The first-order chi connectivity index (χ1) is 13.5. The monoisotopic (exact) mass is 380 g/mol. The molecule has 0 aliphatic carbocycles. The van der Waals surface area contributed by atoms with Crippen LogP contribution in [0.1, 0.15) is 27.6 Å². The molecule has 0 bridgehead atoms. The van der Waals surface area contributed by atoms with Crippen molar-refractivity contribution in [3.63, 3.8) is 0 Å². The molecule has 0 radical (unpaired) electrons. The van der Waals surface area contributed by atoms with Gasteiger partial charge >= 0.3 is 0 Å². The van der Waals surface area contributed by atoms with Gasteiger partial charge in [0, 0.05) is 62.8 Å². The van der Waals surface area contributed by atoms with Gasteiger partial charge in [-0.2, -0.15) is 0 Å². The van der Waals surface area contributed by atoms with Crippen LogP contribution in [-0.2, 0) is 0 Å². The highest BCUT2D eigenvalue weighted by Gasteiger charge is 2.22. The third-order valence-electron chi connectivity index (χ3n) is 5.12. The molecule has 0 aromatic heterocycles. The molecule has 0 saturated carbocycles. The number of carbonyl (C=O) groups excluding carboxylic acids is 2. The fourth-order valence-corrected chi connectivity index (χ4v) is 3.29. The first-order valence-electron chi connectivity index (χ1n) is 9.68. The topological polar surface area (TPSA) is 55.9 Å². The summed E-state index contributed by atoms with van der Waals surface area (Å²) in [5, 5.41) is 2.89. The number of hydrogen-bond donors (Lipinski definition) is 1. The van der Waals surface area contributed by atoms with Crippen LogP contribution in [0.15, 0.2) is 48.5 Å². The van der Waals surface area contributed by atoms with Crippen LogP contribution >= 0.6 is 0 Å². The number of likely N-dealkylation sites (N-methyl/N-ethyl adjacent to an activating group) is 1. The molecule has 0 atom stereocenters. The quantitative estimate of drug-likeness (QED) is 0.867. The van der Waals surface area contributed by atoms with Gasteiger partial charge in [0.05, 0.1) is 0 Å². The van der Waals surface area contributed by atoms with Crippen molar-refractivity contribution in [1.29, 1.82) is 0 Å². The van der Waals surface area contributed by atoms with Crippen molar-refractivity contribution in [2.45, 2.75) is 6.92 Å². The first-order valence-corrected chi connectivity index (χ1v) is 9.68. The van der Waals surface area contributed by atoms with E-state index in [2.05, 4.69) is 17.1 Å². The molecule has 2 amide bonds. The van der Waals surface area contributed by atoms with E-state index in [4.69, 9.17) is 0 Å². The molecular formula is C22H28N4O2. The van der Waals surface area contributed by atoms with E-state index in [1.165, 1.54) is 0 Å². The molecule has 28 heavy (non-hydrogen) atoms. The molecule has 2 aromatic rings. The zero-order chi connectivity index (χ0) is 20.1. The number of nitrogens with one attached hydrogen (secondary N) is 1. The van der Waals surface area contributed by atoms with E-state index in [0.29, 0.717) is 11.1 Å². The van der Waals surface area contributed by atoms with Gasteiger partial charge in [-0.1, -0.05) is 13.0 Å². The number of anilines is 2. The minimum Gasteiger partial charge on any atom is -0.378 e. The van der Waals surface area contributed by atoms with E-state index in [1.54, 1.807) is 24.3 Å². The van der Waals surface area contributed by atoms with Crippen LogP contribution in [0.3, 0.4) is 0 Å². The fraction of sp³-hybridized carbons (Fsp3) is 0.364. The molecular weight excluding hydrogens is 352 g/mol. The highest BCUT2D eigenvalue weighted by molar-refractivity contribution is 6.06. The van der Waals surface area contributed by atoms with Crippen LogP contribution in [0.4, 0.5) is 11.4 Å². The molecule has 1 heterocycles. The molecule has 0 spiro atoms. The molecule has 1 N–H and O–H groups in total. The Morgan fingerprint density at radius 3 is 2.21 bits per heavy atom. The normalized spacial score (nSPS) is 14.6. The summed E-state index contributed by atoms with van der Waals surface area (Å²) in [4.78, 5) is 31.6. The number of amides is 2. The Kier molecular flexibility index (Phi) is 6.31. The Morgan fingerprint density at radius 1 is 0.964 bits per heavy atom. The van der Waals surface area contributed by atoms with Crippen molar-refractivity contribution >= 4 is 23.2 Å². The molecule has 1 aliphatic rings. The van der Waals surface area contributed by atoms with E-state index in [0.717, 1.165) is 44.1 Å². The number of rotatable bonds is 5. The molecule has 3 rings (SSSR count). The van der Waals surface area contributed by atoms with Crippen LogP contribution in [0, 0.1) is 0 Å². The lowest BCUT2D eigenvalue weighted by molar-refractivity contribution is 0.0643. The standard InChI is InChI=1S/C22H28N4O2/c1-4-25-12-14-26(15-13-25)22(28)18-7-5-6-17(16-18)21(27)23-19-8-10-20(11-9-19)24(2)3/h5-11,16H,4,12-15H2,1-3H3,(H,23,27). The number of hydrogen-bond acceptors (Lipinski definition) is 4. The maximum Gasteiger partial charge on any atom is 0.255 e.